The van der Waals surface area contributed by atoms with E-state index in [1.54, 1.807) is 6.07 Å². The van der Waals surface area contributed by atoms with Gasteiger partial charge in [0, 0.05) is 18.3 Å². The number of nitrogens with one attached hydrogen (secondary N) is 2. The summed E-state index contributed by atoms with van der Waals surface area (Å²) < 4.78 is 0. The van der Waals surface area contributed by atoms with Crippen LogP contribution in [0.1, 0.15) is 30.1 Å². The first-order valence-corrected chi connectivity index (χ1v) is 7.36. The van der Waals surface area contributed by atoms with Gasteiger partial charge in [0.05, 0.1) is 0 Å². The van der Waals surface area contributed by atoms with E-state index in [1.165, 1.54) is 6.07 Å². The number of aliphatic hydroxyl groups is 1. The topological polar surface area (TPSA) is 82.2 Å². The Bertz CT molecular complexity index is 680. The van der Waals surface area contributed by atoms with Crippen LogP contribution in [-0.4, -0.2) is 28.6 Å². The predicted molar refractivity (Wildman–Crippen MR) is 85.7 cm³/mol. The van der Waals surface area contributed by atoms with E-state index in [9.17, 15) is 9.59 Å². The van der Waals surface area contributed by atoms with Gasteiger partial charge in [-0.1, -0.05) is 37.3 Å². The summed E-state index contributed by atoms with van der Waals surface area (Å²) in [7, 11) is 0. The van der Waals surface area contributed by atoms with Crippen LogP contribution in [0.5, 0.6) is 0 Å². The summed E-state index contributed by atoms with van der Waals surface area (Å²) >= 11 is 0. The van der Waals surface area contributed by atoms with E-state index in [-0.39, 0.29) is 18.2 Å². The normalized spacial score (nSPS) is 11.9. The zero-order valence-corrected chi connectivity index (χ0v) is 12.5. The molecule has 1 heterocycles. The molecule has 0 saturated carbocycles. The van der Waals surface area contributed by atoms with Gasteiger partial charge in [0.1, 0.15) is 5.56 Å². The number of benzene rings is 1. The highest BCUT2D eigenvalue weighted by Crippen LogP contribution is 2.14. The Morgan fingerprint density at radius 2 is 1.95 bits per heavy atom. The third-order valence-electron chi connectivity index (χ3n) is 3.54. The number of carbonyl (C=O) groups excluding carboxylic acids is 1. The molecular formula is C17H20N2O3. The fourth-order valence-corrected chi connectivity index (χ4v) is 2.24. The minimum atomic E-state index is -0.419. The SMILES string of the molecule is CCC(CCO)NC(=O)c1ccc(-c2ccccc2)[nH]c1=O. The van der Waals surface area contributed by atoms with Crippen molar-refractivity contribution in [2.45, 2.75) is 25.8 Å². The van der Waals surface area contributed by atoms with E-state index >= 15 is 0 Å². The van der Waals surface area contributed by atoms with E-state index in [0.29, 0.717) is 18.5 Å². The number of aromatic nitrogens is 1. The molecule has 0 spiro atoms. The van der Waals surface area contributed by atoms with Crippen LogP contribution in [0, 0.1) is 0 Å². The number of pyridine rings is 1. The summed E-state index contributed by atoms with van der Waals surface area (Å²) in [6.45, 7) is 1.92. The van der Waals surface area contributed by atoms with E-state index < -0.39 is 11.5 Å². The van der Waals surface area contributed by atoms with Crippen LogP contribution in [0.15, 0.2) is 47.3 Å². The molecular weight excluding hydrogens is 280 g/mol. The molecule has 3 N–H and O–H groups in total. The second-order valence-electron chi connectivity index (χ2n) is 5.07. The standard InChI is InChI=1S/C17H20N2O3/c1-2-13(10-11-20)18-16(21)14-8-9-15(19-17(14)22)12-6-4-3-5-7-12/h3-9,13,20H,2,10-11H2,1H3,(H,18,21)(H,19,22). The lowest BCUT2D eigenvalue weighted by Crippen LogP contribution is -2.37. The second-order valence-corrected chi connectivity index (χ2v) is 5.07. The van der Waals surface area contributed by atoms with E-state index in [0.717, 1.165) is 5.56 Å². The van der Waals surface area contributed by atoms with Gasteiger partial charge in [0.15, 0.2) is 0 Å². The lowest BCUT2D eigenvalue weighted by atomic mass is 10.1. The first kappa shape index (κ1) is 16.0. The molecule has 22 heavy (non-hydrogen) atoms. The van der Waals surface area contributed by atoms with Crippen LogP contribution in [-0.2, 0) is 0 Å². The smallest absolute Gasteiger partial charge is 0.261 e. The molecule has 0 aliphatic heterocycles. The number of aliphatic hydroxyl groups excluding tert-OH is 1. The van der Waals surface area contributed by atoms with Gasteiger partial charge >= 0.3 is 0 Å². The lowest BCUT2D eigenvalue weighted by molar-refractivity contribution is 0.0927. The van der Waals surface area contributed by atoms with Crippen molar-refractivity contribution in [1.29, 1.82) is 0 Å². The van der Waals surface area contributed by atoms with E-state index in [1.807, 2.05) is 37.3 Å². The fraction of sp³-hybridized carbons (Fsp3) is 0.294. The quantitative estimate of drug-likeness (QED) is 0.762. The molecule has 0 aliphatic rings. The van der Waals surface area contributed by atoms with Gasteiger partial charge in [-0.05, 0) is 30.5 Å². The average molecular weight is 300 g/mol. The Hall–Kier alpha value is -2.40. The molecule has 5 nitrogen and oxygen atoms in total. The molecule has 2 rings (SSSR count). The summed E-state index contributed by atoms with van der Waals surface area (Å²) in [5.41, 5.74) is 1.22. The predicted octanol–water partition coefficient (Wildman–Crippen LogP) is 1.93. The summed E-state index contributed by atoms with van der Waals surface area (Å²) in [6, 6.07) is 12.6. The molecule has 1 unspecified atom stereocenters. The van der Waals surface area contributed by atoms with Gasteiger partial charge < -0.3 is 15.4 Å². The van der Waals surface area contributed by atoms with Crippen molar-refractivity contribution in [3.63, 3.8) is 0 Å². The molecule has 116 valence electrons. The number of rotatable bonds is 6. The number of H-pyrrole nitrogens is 1. The Balaban J connectivity index is 2.19. The van der Waals surface area contributed by atoms with Crippen molar-refractivity contribution in [2.24, 2.45) is 0 Å². The van der Waals surface area contributed by atoms with Crippen LogP contribution < -0.4 is 10.9 Å². The molecule has 0 saturated heterocycles. The highest BCUT2D eigenvalue weighted by Gasteiger charge is 2.15. The van der Waals surface area contributed by atoms with Crippen LogP contribution in [0.3, 0.4) is 0 Å². The monoisotopic (exact) mass is 300 g/mol. The zero-order valence-electron chi connectivity index (χ0n) is 12.5. The fourth-order valence-electron chi connectivity index (χ4n) is 2.24. The minimum absolute atomic E-state index is 0.00207. The molecule has 5 heteroatoms. The number of hydrogen-bond acceptors (Lipinski definition) is 3. The maximum atomic E-state index is 12.1. The molecule has 1 amide bonds. The van der Waals surface area contributed by atoms with Crippen LogP contribution in [0.2, 0.25) is 0 Å². The summed E-state index contributed by atoms with van der Waals surface area (Å²) in [4.78, 5) is 27.0. The molecule has 1 aromatic carbocycles. The van der Waals surface area contributed by atoms with E-state index in [2.05, 4.69) is 10.3 Å². The van der Waals surface area contributed by atoms with Gasteiger partial charge in [-0.2, -0.15) is 0 Å². The van der Waals surface area contributed by atoms with Crippen molar-refractivity contribution >= 4 is 5.91 Å². The minimum Gasteiger partial charge on any atom is -0.396 e. The highest BCUT2D eigenvalue weighted by molar-refractivity contribution is 5.94. The van der Waals surface area contributed by atoms with Crippen molar-refractivity contribution in [1.82, 2.24) is 10.3 Å². The van der Waals surface area contributed by atoms with E-state index in [4.69, 9.17) is 5.11 Å². The molecule has 0 bridgehead atoms. The van der Waals surface area contributed by atoms with Gasteiger partial charge in [0.25, 0.3) is 11.5 Å². The summed E-state index contributed by atoms with van der Waals surface area (Å²) in [5, 5.41) is 11.7. The Labute approximate surface area is 129 Å². The van der Waals surface area contributed by atoms with Crippen molar-refractivity contribution < 1.29 is 9.90 Å². The number of hydrogen-bond donors (Lipinski definition) is 3. The van der Waals surface area contributed by atoms with Gasteiger partial charge in [-0.3, -0.25) is 9.59 Å². The van der Waals surface area contributed by atoms with Crippen molar-refractivity contribution in [3.05, 3.63) is 58.4 Å². The molecule has 1 aromatic heterocycles. The van der Waals surface area contributed by atoms with Crippen LogP contribution >= 0.6 is 0 Å². The average Bonchev–Trinajstić information content (AvgIpc) is 2.55. The maximum Gasteiger partial charge on any atom is 0.261 e. The third-order valence-corrected chi connectivity index (χ3v) is 3.54. The number of aromatic amines is 1. The van der Waals surface area contributed by atoms with Crippen molar-refractivity contribution in [2.75, 3.05) is 6.61 Å². The zero-order chi connectivity index (χ0) is 15.9. The maximum absolute atomic E-state index is 12.1. The summed E-state index contributed by atoms with van der Waals surface area (Å²) in [5.74, 6) is -0.416. The van der Waals surface area contributed by atoms with Gasteiger partial charge in [-0.15, -0.1) is 0 Å². The largest absolute Gasteiger partial charge is 0.396 e. The summed E-state index contributed by atoms with van der Waals surface area (Å²) in [6.07, 6.45) is 1.18. The third kappa shape index (κ3) is 3.83. The first-order valence-electron chi connectivity index (χ1n) is 7.36. The molecule has 2 aromatic rings. The Morgan fingerprint density at radius 3 is 2.55 bits per heavy atom. The van der Waals surface area contributed by atoms with Crippen molar-refractivity contribution in [3.8, 4) is 11.3 Å². The van der Waals surface area contributed by atoms with Crippen LogP contribution in [0.25, 0.3) is 11.3 Å². The molecule has 0 fully saturated rings. The molecule has 0 aliphatic carbocycles. The van der Waals surface area contributed by atoms with Gasteiger partial charge in [-0.25, -0.2) is 0 Å². The Morgan fingerprint density at radius 1 is 1.23 bits per heavy atom. The highest BCUT2D eigenvalue weighted by atomic mass is 16.3. The Kier molecular flexibility index (Phi) is 5.49. The molecule has 1 atom stereocenters. The van der Waals surface area contributed by atoms with Crippen LogP contribution in [0.4, 0.5) is 0 Å². The number of amides is 1. The number of carbonyl (C=O) groups is 1. The lowest BCUT2D eigenvalue weighted by Gasteiger charge is -2.15. The second kappa shape index (κ2) is 7.56. The first-order chi connectivity index (χ1) is 10.7. The molecule has 0 radical (unpaired) electrons. The van der Waals surface area contributed by atoms with Gasteiger partial charge in [0.2, 0.25) is 0 Å².